The van der Waals surface area contributed by atoms with Crippen LogP contribution in [0.5, 0.6) is 0 Å². The monoisotopic (exact) mass is 232 g/mol. The molecule has 0 spiro atoms. The van der Waals surface area contributed by atoms with E-state index < -0.39 is 0 Å². The molecule has 1 heterocycles. The van der Waals surface area contributed by atoms with Crippen molar-refractivity contribution < 1.29 is 4.79 Å². The van der Waals surface area contributed by atoms with E-state index in [2.05, 4.69) is 32.0 Å². The van der Waals surface area contributed by atoms with Crippen molar-refractivity contribution in [3.05, 3.63) is 29.3 Å². The summed E-state index contributed by atoms with van der Waals surface area (Å²) in [6.45, 7) is 4.40. The van der Waals surface area contributed by atoms with Crippen LogP contribution in [0.25, 0.3) is 0 Å². The van der Waals surface area contributed by atoms with E-state index in [1.165, 1.54) is 16.0 Å². The van der Waals surface area contributed by atoms with Gasteiger partial charge in [-0.25, -0.2) is 0 Å². The highest BCUT2D eigenvalue weighted by atomic mass is 32.2. The maximum absolute atomic E-state index is 12.0. The van der Waals surface area contributed by atoms with Gasteiger partial charge in [0.15, 0.2) is 0 Å². The topological polar surface area (TPSA) is 17.1 Å². The third-order valence-corrected chi connectivity index (χ3v) is 5.61. The van der Waals surface area contributed by atoms with Gasteiger partial charge in [0.1, 0.15) is 5.78 Å². The number of carbonyl (C=O) groups is 1. The largest absolute Gasteiger partial charge is 0.298 e. The molecule has 0 aromatic heterocycles. The van der Waals surface area contributed by atoms with Crippen molar-refractivity contribution in [1.29, 1.82) is 0 Å². The van der Waals surface area contributed by atoms with Gasteiger partial charge in [-0.2, -0.15) is 0 Å². The van der Waals surface area contributed by atoms with Crippen molar-refractivity contribution in [3.63, 3.8) is 0 Å². The highest BCUT2D eigenvalue weighted by Gasteiger charge is 2.49. The van der Waals surface area contributed by atoms with E-state index >= 15 is 0 Å². The molecule has 0 amide bonds. The van der Waals surface area contributed by atoms with Gasteiger partial charge >= 0.3 is 0 Å². The number of ketones is 1. The lowest BCUT2D eigenvalue weighted by atomic mass is 9.70. The number of aryl methyl sites for hydroxylation is 1. The predicted molar refractivity (Wildman–Crippen MR) is 67.0 cm³/mol. The molecule has 1 aliphatic carbocycles. The number of Topliss-reactive ketones (excluding diaryl/α,β-unsaturated/α-hetero) is 1. The first-order valence-corrected chi connectivity index (χ1v) is 6.80. The number of hydrogen-bond acceptors (Lipinski definition) is 2. The fourth-order valence-corrected chi connectivity index (χ4v) is 4.61. The quantitative estimate of drug-likeness (QED) is 0.681. The van der Waals surface area contributed by atoms with E-state index in [4.69, 9.17) is 0 Å². The average Bonchev–Trinajstić information content (AvgIpc) is 2.53. The van der Waals surface area contributed by atoms with Gasteiger partial charge in [0.05, 0.1) is 5.25 Å². The summed E-state index contributed by atoms with van der Waals surface area (Å²) in [6.07, 6.45) is 2.99. The number of carbonyl (C=O) groups excluding carboxylic acids is 1. The fourth-order valence-electron chi connectivity index (χ4n) is 3.04. The zero-order chi connectivity index (χ0) is 11.3. The molecule has 2 heteroatoms. The second-order valence-electron chi connectivity index (χ2n) is 5.23. The van der Waals surface area contributed by atoms with Crippen molar-refractivity contribution >= 4 is 17.5 Å². The number of thioether (sulfide) groups is 1. The first kappa shape index (κ1) is 10.4. The Kier molecular flexibility index (Phi) is 2.19. The van der Waals surface area contributed by atoms with Crippen LogP contribution in [0.2, 0.25) is 0 Å². The van der Waals surface area contributed by atoms with Gasteiger partial charge in [-0.05, 0) is 31.4 Å². The first-order chi connectivity index (χ1) is 7.61. The number of benzene rings is 1. The lowest BCUT2D eigenvalue weighted by Crippen LogP contribution is -2.40. The predicted octanol–water partition coefficient (Wildman–Crippen LogP) is 3.48. The van der Waals surface area contributed by atoms with Gasteiger partial charge in [-0.1, -0.05) is 24.6 Å². The highest BCUT2D eigenvalue weighted by Crippen LogP contribution is 2.54. The van der Waals surface area contributed by atoms with E-state index in [1.54, 1.807) is 11.8 Å². The van der Waals surface area contributed by atoms with Crippen molar-refractivity contribution in [1.82, 2.24) is 0 Å². The average molecular weight is 232 g/mol. The van der Waals surface area contributed by atoms with Gasteiger partial charge in [0.2, 0.25) is 0 Å². The molecule has 0 unspecified atom stereocenters. The Labute approximate surface area is 101 Å². The third kappa shape index (κ3) is 1.29. The molecule has 1 saturated carbocycles. The highest BCUT2D eigenvalue weighted by molar-refractivity contribution is 8.01. The Morgan fingerprint density at radius 3 is 3.06 bits per heavy atom. The molecule has 16 heavy (non-hydrogen) atoms. The number of rotatable bonds is 0. The molecule has 0 bridgehead atoms. The summed E-state index contributed by atoms with van der Waals surface area (Å²) in [5, 5.41) is 0.179. The standard InChI is InChI=1S/C14H16OS/c1-9-5-6-12-10(8-9)14(2)7-3-4-11(15)13(14)16-12/h5-6,8,13H,3-4,7H2,1-2H3/t13-,14+/m1/s1. The van der Waals surface area contributed by atoms with Crippen LogP contribution in [-0.4, -0.2) is 11.0 Å². The van der Waals surface area contributed by atoms with Crippen molar-refractivity contribution in [3.8, 4) is 0 Å². The Morgan fingerprint density at radius 1 is 1.44 bits per heavy atom. The molecule has 3 rings (SSSR count). The molecular weight excluding hydrogens is 216 g/mol. The second-order valence-corrected chi connectivity index (χ2v) is 6.38. The molecule has 0 N–H and O–H groups in total. The molecule has 1 aromatic carbocycles. The van der Waals surface area contributed by atoms with Crippen LogP contribution in [0.3, 0.4) is 0 Å². The van der Waals surface area contributed by atoms with Crippen LogP contribution in [0.1, 0.15) is 37.3 Å². The molecular formula is C14H16OS. The number of fused-ring (bicyclic) bond motifs is 3. The minimum atomic E-state index is 0.0986. The van der Waals surface area contributed by atoms with Crippen LogP contribution < -0.4 is 0 Å². The summed E-state index contributed by atoms with van der Waals surface area (Å²) in [4.78, 5) is 13.3. The Bertz CT molecular complexity index is 466. The molecule has 1 fully saturated rings. The minimum absolute atomic E-state index is 0.0986. The van der Waals surface area contributed by atoms with Gasteiger partial charge < -0.3 is 0 Å². The summed E-state index contributed by atoms with van der Waals surface area (Å²) in [5.74, 6) is 0.451. The zero-order valence-electron chi connectivity index (χ0n) is 9.75. The molecule has 1 aromatic rings. The molecule has 2 aliphatic rings. The van der Waals surface area contributed by atoms with E-state index in [-0.39, 0.29) is 10.7 Å². The smallest absolute Gasteiger partial charge is 0.147 e. The van der Waals surface area contributed by atoms with Gasteiger partial charge in [0.25, 0.3) is 0 Å². The summed E-state index contributed by atoms with van der Waals surface area (Å²) in [7, 11) is 0. The molecule has 0 radical (unpaired) electrons. The van der Waals surface area contributed by atoms with E-state index in [9.17, 15) is 4.79 Å². The molecule has 84 valence electrons. The van der Waals surface area contributed by atoms with Crippen molar-refractivity contribution in [2.75, 3.05) is 0 Å². The summed E-state index contributed by atoms with van der Waals surface area (Å²) in [5.41, 5.74) is 2.82. The van der Waals surface area contributed by atoms with Crippen molar-refractivity contribution in [2.24, 2.45) is 0 Å². The van der Waals surface area contributed by atoms with Crippen LogP contribution >= 0.6 is 11.8 Å². The van der Waals surface area contributed by atoms with Crippen LogP contribution in [0.15, 0.2) is 23.1 Å². The Hall–Kier alpha value is -0.760. The maximum atomic E-state index is 12.0. The Morgan fingerprint density at radius 2 is 2.25 bits per heavy atom. The van der Waals surface area contributed by atoms with E-state index in [1.807, 2.05) is 0 Å². The van der Waals surface area contributed by atoms with Gasteiger partial charge in [-0.3, -0.25) is 4.79 Å². The first-order valence-electron chi connectivity index (χ1n) is 5.92. The summed E-state index contributed by atoms with van der Waals surface area (Å²) < 4.78 is 0. The second kappa shape index (κ2) is 3.36. The third-order valence-electron chi connectivity index (χ3n) is 3.99. The van der Waals surface area contributed by atoms with Crippen LogP contribution in [0, 0.1) is 6.92 Å². The lowest BCUT2D eigenvalue weighted by molar-refractivity contribution is -0.121. The molecule has 0 saturated heterocycles. The van der Waals surface area contributed by atoms with Crippen LogP contribution in [0.4, 0.5) is 0 Å². The summed E-state index contributed by atoms with van der Waals surface area (Å²) in [6, 6.07) is 6.62. The molecule has 1 nitrogen and oxygen atoms in total. The van der Waals surface area contributed by atoms with Crippen molar-refractivity contribution in [2.45, 2.75) is 48.7 Å². The van der Waals surface area contributed by atoms with E-state index in [0.29, 0.717) is 5.78 Å². The van der Waals surface area contributed by atoms with Gasteiger partial charge in [0, 0.05) is 16.7 Å². The maximum Gasteiger partial charge on any atom is 0.147 e. The lowest BCUT2D eigenvalue weighted by Gasteiger charge is -2.35. The SMILES string of the molecule is Cc1ccc2c(c1)[C@]1(C)CCCC(=O)[C@H]1S2. The van der Waals surface area contributed by atoms with Crippen LogP contribution in [-0.2, 0) is 10.2 Å². The minimum Gasteiger partial charge on any atom is -0.298 e. The normalized spacial score (nSPS) is 32.4. The zero-order valence-corrected chi connectivity index (χ0v) is 10.6. The summed E-state index contributed by atoms with van der Waals surface area (Å²) >= 11 is 1.79. The van der Waals surface area contributed by atoms with E-state index in [0.717, 1.165) is 19.3 Å². The Balaban J connectivity index is 2.14. The molecule has 1 aliphatic heterocycles. The molecule has 2 atom stereocenters. The van der Waals surface area contributed by atoms with Gasteiger partial charge in [-0.15, -0.1) is 11.8 Å². The fraction of sp³-hybridized carbons (Fsp3) is 0.500. The number of hydrogen-bond donors (Lipinski definition) is 0.